The van der Waals surface area contributed by atoms with Crippen LogP contribution in [0.5, 0.6) is 0 Å². The predicted octanol–water partition coefficient (Wildman–Crippen LogP) is 6.44. The fraction of sp³-hybridized carbons (Fsp3) is 0.259. The Hall–Kier alpha value is -2.49. The number of likely N-dealkylation sites (N-methyl/N-ethyl adjacent to an activating group) is 1. The molecular weight excluding hydrogens is 604 g/mol. The van der Waals surface area contributed by atoms with Crippen LogP contribution in [0.2, 0.25) is 20.1 Å². The first-order valence-corrected chi connectivity index (χ1v) is 15.0. The van der Waals surface area contributed by atoms with E-state index < -0.39 is 34.4 Å². The van der Waals surface area contributed by atoms with Crippen LogP contribution in [0.1, 0.15) is 25.8 Å². The lowest BCUT2D eigenvalue weighted by Crippen LogP contribution is -2.52. The zero-order chi connectivity index (χ0) is 28.7. The molecule has 0 aromatic heterocycles. The molecular formula is C27H27Cl4N3O4S. The highest BCUT2D eigenvalue weighted by Gasteiger charge is 2.35. The minimum absolute atomic E-state index is 0.0168. The molecule has 3 aromatic carbocycles. The van der Waals surface area contributed by atoms with Crippen molar-refractivity contribution in [3.05, 3.63) is 92.4 Å². The molecule has 39 heavy (non-hydrogen) atoms. The summed E-state index contributed by atoms with van der Waals surface area (Å²) in [7, 11) is -4.28. The summed E-state index contributed by atoms with van der Waals surface area (Å²) in [5, 5.41) is 3.42. The van der Waals surface area contributed by atoms with E-state index in [-0.39, 0.29) is 33.6 Å². The van der Waals surface area contributed by atoms with Crippen molar-refractivity contribution in [2.75, 3.05) is 17.4 Å². The molecule has 0 fully saturated rings. The molecule has 0 radical (unpaired) electrons. The van der Waals surface area contributed by atoms with Gasteiger partial charge in [0.25, 0.3) is 10.0 Å². The second-order valence-corrected chi connectivity index (χ2v) is 11.9. The number of hydrogen-bond donors (Lipinski definition) is 1. The number of rotatable bonds is 11. The highest BCUT2D eigenvalue weighted by Crippen LogP contribution is 2.36. The van der Waals surface area contributed by atoms with E-state index in [1.54, 1.807) is 50.2 Å². The van der Waals surface area contributed by atoms with Gasteiger partial charge in [-0.15, -0.1) is 0 Å². The number of nitrogens with zero attached hydrogens (tertiary/aromatic N) is 2. The van der Waals surface area contributed by atoms with Gasteiger partial charge in [0.1, 0.15) is 12.6 Å². The van der Waals surface area contributed by atoms with E-state index >= 15 is 0 Å². The maximum absolute atomic E-state index is 14.0. The van der Waals surface area contributed by atoms with Crippen molar-refractivity contribution in [2.24, 2.45) is 0 Å². The Morgan fingerprint density at radius 3 is 2.03 bits per heavy atom. The standard InChI is InChI=1S/C27H27Cl4N3O4S/c1-3-23(27(36)32-4-2)33(16-19-20(28)12-8-13-21(19)29)25(35)17-34(24-15-9-14-22(30)26(24)31)39(37,38)18-10-6-5-7-11-18/h5-15,23H,3-4,16-17H2,1-2H3,(H,32,36). The van der Waals surface area contributed by atoms with Gasteiger partial charge in [-0.25, -0.2) is 8.42 Å². The number of nitrogens with one attached hydrogen (secondary N) is 1. The summed E-state index contributed by atoms with van der Waals surface area (Å²) in [4.78, 5) is 28.3. The van der Waals surface area contributed by atoms with Gasteiger partial charge in [-0.1, -0.05) is 83.7 Å². The van der Waals surface area contributed by atoms with Gasteiger partial charge in [-0.2, -0.15) is 0 Å². The Labute approximate surface area is 248 Å². The van der Waals surface area contributed by atoms with Crippen molar-refractivity contribution in [1.82, 2.24) is 10.2 Å². The second kappa shape index (κ2) is 13.7. The SMILES string of the molecule is CCNC(=O)C(CC)N(Cc1c(Cl)cccc1Cl)C(=O)CN(c1cccc(Cl)c1Cl)S(=O)(=O)c1ccccc1. The molecule has 0 saturated carbocycles. The zero-order valence-corrected chi connectivity index (χ0v) is 25.0. The number of sulfonamides is 1. The molecule has 3 aromatic rings. The number of halogens is 4. The molecule has 208 valence electrons. The average molecular weight is 631 g/mol. The van der Waals surface area contributed by atoms with E-state index in [1.807, 2.05) is 0 Å². The number of amides is 2. The van der Waals surface area contributed by atoms with Crippen LogP contribution in [0.3, 0.4) is 0 Å². The van der Waals surface area contributed by atoms with Gasteiger partial charge in [0.2, 0.25) is 11.8 Å². The third kappa shape index (κ3) is 7.18. The lowest BCUT2D eigenvalue weighted by molar-refractivity contribution is -0.140. The summed E-state index contributed by atoms with van der Waals surface area (Å²) in [5.74, 6) is -1.06. The maximum Gasteiger partial charge on any atom is 0.264 e. The number of carbonyl (C=O) groups is 2. The molecule has 3 rings (SSSR count). The zero-order valence-electron chi connectivity index (χ0n) is 21.2. The van der Waals surface area contributed by atoms with Gasteiger partial charge in [-0.05, 0) is 49.7 Å². The van der Waals surface area contributed by atoms with Crippen molar-refractivity contribution in [3.63, 3.8) is 0 Å². The Morgan fingerprint density at radius 2 is 1.44 bits per heavy atom. The minimum Gasteiger partial charge on any atom is -0.355 e. The number of anilines is 1. The van der Waals surface area contributed by atoms with Crippen LogP contribution >= 0.6 is 46.4 Å². The molecule has 1 unspecified atom stereocenters. The quantitative estimate of drug-likeness (QED) is 0.264. The summed E-state index contributed by atoms with van der Waals surface area (Å²) >= 11 is 25.4. The molecule has 0 heterocycles. The van der Waals surface area contributed by atoms with Crippen LogP contribution in [0, 0.1) is 0 Å². The monoisotopic (exact) mass is 629 g/mol. The smallest absolute Gasteiger partial charge is 0.264 e. The lowest BCUT2D eigenvalue weighted by atomic mass is 10.1. The van der Waals surface area contributed by atoms with Crippen LogP contribution in [-0.2, 0) is 26.2 Å². The molecule has 0 aliphatic rings. The molecule has 1 atom stereocenters. The largest absolute Gasteiger partial charge is 0.355 e. The van der Waals surface area contributed by atoms with E-state index in [0.717, 1.165) is 4.31 Å². The molecule has 2 amide bonds. The Balaban J connectivity index is 2.13. The van der Waals surface area contributed by atoms with E-state index in [2.05, 4.69) is 5.32 Å². The van der Waals surface area contributed by atoms with Crippen molar-refractivity contribution < 1.29 is 18.0 Å². The molecule has 0 saturated heterocycles. The van der Waals surface area contributed by atoms with Crippen molar-refractivity contribution >= 4 is 73.9 Å². The van der Waals surface area contributed by atoms with Crippen LogP contribution in [0.15, 0.2) is 71.6 Å². The third-order valence-corrected chi connectivity index (χ3v) is 9.23. The van der Waals surface area contributed by atoms with Crippen molar-refractivity contribution in [1.29, 1.82) is 0 Å². The summed E-state index contributed by atoms with van der Waals surface area (Å²) < 4.78 is 28.6. The fourth-order valence-corrected chi connectivity index (χ4v) is 6.40. The summed E-state index contributed by atoms with van der Waals surface area (Å²) in [6.45, 7) is 3.05. The average Bonchev–Trinajstić information content (AvgIpc) is 2.91. The number of benzene rings is 3. The van der Waals surface area contributed by atoms with Gasteiger partial charge in [0.05, 0.1) is 20.6 Å². The fourth-order valence-electron chi connectivity index (χ4n) is 3.98. The van der Waals surface area contributed by atoms with Gasteiger partial charge in [-0.3, -0.25) is 13.9 Å². The lowest BCUT2D eigenvalue weighted by Gasteiger charge is -2.33. The molecule has 0 bridgehead atoms. The first-order chi connectivity index (χ1) is 18.5. The summed E-state index contributed by atoms with van der Waals surface area (Å²) in [6, 6.07) is 16.1. The topological polar surface area (TPSA) is 86.8 Å². The van der Waals surface area contributed by atoms with Crippen molar-refractivity contribution in [2.45, 2.75) is 37.8 Å². The molecule has 1 N–H and O–H groups in total. The highest BCUT2D eigenvalue weighted by atomic mass is 35.5. The van der Waals surface area contributed by atoms with Crippen LogP contribution in [0.4, 0.5) is 5.69 Å². The van der Waals surface area contributed by atoms with Crippen LogP contribution in [0.25, 0.3) is 0 Å². The predicted molar refractivity (Wildman–Crippen MR) is 157 cm³/mol. The Bertz CT molecular complexity index is 1420. The summed E-state index contributed by atoms with van der Waals surface area (Å²) in [6.07, 6.45) is 0.253. The van der Waals surface area contributed by atoms with Crippen LogP contribution in [-0.4, -0.2) is 44.3 Å². The van der Waals surface area contributed by atoms with E-state index in [1.165, 1.54) is 35.2 Å². The third-order valence-electron chi connectivity index (χ3n) is 5.94. The molecule has 0 aliphatic heterocycles. The first-order valence-electron chi connectivity index (χ1n) is 12.0. The van der Waals surface area contributed by atoms with Gasteiger partial charge in [0, 0.05) is 28.7 Å². The normalized spacial score (nSPS) is 12.1. The van der Waals surface area contributed by atoms with Gasteiger partial charge >= 0.3 is 0 Å². The summed E-state index contributed by atoms with van der Waals surface area (Å²) in [5.41, 5.74) is 0.443. The molecule has 0 spiro atoms. The van der Waals surface area contributed by atoms with Gasteiger partial charge < -0.3 is 10.2 Å². The second-order valence-electron chi connectivity index (χ2n) is 8.44. The van der Waals surface area contributed by atoms with Gasteiger partial charge in [0.15, 0.2) is 0 Å². The van der Waals surface area contributed by atoms with Crippen LogP contribution < -0.4 is 9.62 Å². The highest BCUT2D eigenvalue weighted by molar-refractivity contribution is 7.92. The minimum atomic E-state index is -4.28. The van der Waals surface area contributed by atoms with Crippen molar-refractivity contribution in [3.8, 4) is 0 Å². The number of carbonyl (C=O) groups excluding carboxylic acids is 2. The van der Waals surface area contributed by atoms with E-state index in [4.69, 9.17) is 46.4 Å². The van der Waals surface area contributed by atoms with E-state index in [0.29, 0.717) is 22.2 Å². The molecule has 0 aliphatic carbocycles. The molecule has 7 nitrogen and oxygen atoms in total. The number of hydrogen-bond acceptors (Lipinski definition) is 4. The first kappa shape index (κ1) is 31.0. The molecule has 12 heteroatoms. The Morgan fingerprint density at radius 1 is 0.846 bits per heavy atom. The Kier molecular flexibility index (Phi) is 10.9. The maximum atomic E-state index is 14.0. The van der Waals surface area contributed by atoms with E-state index in [9.17, 15) is 18.0 Å².